The number of rotatable bonds is 3. The monoisotopic (exact) mass is 275 g/mol. The summed E-state index contributed by atoms with van der Waals surface area (Å²) in [5.41, 5.74) is 0.877. The Hall–Kier alpha value is -0.310. The highest BCUT2D eigenvalue weighted by atomic mass is 35.5. The van der Waals surface area contributed by atoms with Crippen LogP contribution in [0.25, 0.3) is 0 Å². The quantitative estimate of drug-likeness (QED) is 0.823. The van der Waals surface area contributed by atoms with Gasteiger partial charge in [0.15, 0.2) is 0 Å². The van der Waals surface area contributed by atoms with Gasteiger partial charge in [-0.3, -0.25) is 0 Å². The number of nitrogens with one attached hydrogen (secondary N) is 1. The van der Waals surface area contributed by atoms with Crippen molar-refractivity contribution in [3.05, 3.63) is 34.6 Å². The normalized spacial score (nSPS) is 26.6. The summed E-state index contributed by atoms with van der Waals surface area (Å²) >= 11 is 12.0. The van der Waals surface area contributed by atoms with E-state index in [9.17, 15) is 4.39 Å². The van der Waals surface area contributed by atoms with Crippen LogP contribution in [0, 0.1) is 11.2 Å². The van der Waals surface area contributed by atoms with Gasteiger partial charge in [-0.2, -0.15) is 0 Å². The molecule has 0 saturated heterocycles. The van der Waals surface area contributed by atoms with Crippen LogP contribution in [0.1, 0.15) is 25.8 Å². The van der Waals surface area contributed by atoms with Crippen molar-refractivity contribution < 1.29 is 4.39 Å². The van der Waals surface area contributed by atoms with Gasteiger partial charge in [0.2, 0.25) is 0 Å². The summed E-state index contributed by atoms with van der Waals surface area (Å²) in [6, 6.07) is 5.24. The number of benzene rings is 1. The van der Waals surface area contributed by atoms with Crippen LogP contribution in [-0.4, -0.2) is 11.4 Å². The second-order valence-corrected chi connectivity index (χ2v) is 6.08. The summed E-state index contributed by atoms with van der Waals surface area (Å²) in [5.74, 6) is -0.367. The first-order chi connectivity index (χ1) is 7.93. The van der Waals surface area contributed by atoms with E-state index in [1.54, 1.807) is 6.07 Å². The summed E-state index contributed by atoms with van der Waals surface area (Å²) < 4.78 is 13.2. The van der Waals surface area contributed by atoms with Crippen LogP contribution in [0.3, 0.4) is 0 Å². The van der Waals surface area contributed by atoms with Gasteiger partial charge < -0.3 is 5.32 Å². The molecule has 1 aliphatic rings. The Bertz CT molecular complexity index is 420. The van der Waals surface area contributed by atoms with Crippen molar-refractivity contribution in [3.63, 3.8) is 0 Å². The standard InChI is InChI=1S/C13H16Cl2FN/c1-13(2)10(14)6-11(13)17-7-8-4-3-5-9(16)12(8)15/h3-5,10-11,17H,6-7H2,1-2H3. The Labute approximate surface area is 111 Å². The van der Waals surface area contributed by atoms with Crippen LogP contribution in [0.2, 0.25) is 5.02 Å². The molecule has 0 spiro atoms. The lowest BCUT2D eigenvalue weighted by Gasteiger charge is -2.49. The molecule has 0 aliphatic heterocycles. The zero-order valence-corrected chi connectivity index (χ0v) is 11.4. The van der Waals surface area contributed by atoms with Crippen molar-refractivity contribution in [2.24, 2.45) is 5.41 Å². The van der Waals surface area contributed by atoms with E-state index in [4.69, 9.17) is 23.2 Å². The molecule has 0 bridgehead atoms. The average Bonchev–Trinajstić information content (AvgIpc) is 2.29. The summed E-state index contributed by atoms with van der Waals surface area (Å²) in [7, 11) is 0. The van der Waals surface area contributed by atoms with Gasteiger partial charge in [0.25, 0.3) is 0 Å². The predicted molar refractivity (Wildman–Crippen MR) is 70.1 cm³/mol. The third kappa shape index (κ3) is 2.44. The molecule has 94 valence electrons. The summed E-state index contributed by atoms with van der Waals surface area (Å²) in [6.45, 7) is 4.85. The molecule has 1 fully saturated rings. The number of hydrogen-bond acceptors (Lipinski definition) is 1. The minimum absolute atomic E-state index is 0.0847. The third-order valence-corrected chi connectivity index (χ3v) is 4.88. The van der Waals surface area contributed by atoms with Crippen molar-refractivity contribution in [2.75, 3.05) is 0 Å². The predicted octanol–water partition coefficient (Wildman–Crippen LogP) is 3.97. The van der Waals surface area contributed by atoms with Gasteiger partial charge >= 0.3 is 0 Å². The summed E-state index contributed by atoms with van der Waals surface area (Å²) in [4.78, 5) is 0. The molecular weight excluding hydrogens is 260 g/mol. The van der Waals surface area contributed by atoms with E-state index in [1.807, 2.05) is 6.07 Å². The van der Waals surface area contributed by atoms with Crippen molar-refractivity contribution >= 4 is 23.2 Å². The van der Waals surface area contributed by atoms with Crippen molar-refractivity contribution in [3.8, 4) is 0 Å². The van der Waals surface area contributed by atoms with E-state index in [0.717, 1.165) is 12.0 Å². The van der Waals surface area contributed by atoms with Gasteiger partial charge in [-0.1, -0.05) is 37.6 Å². The number of hydrogen-bond donors (Lipinski definition) is 1. The molecule has 0 amide bonds. The first-order valence-electron chi connectivity index (χ1n) is 5.73. The maximum atomic E-state index is 13.2. The summed E-state index contributed by atoms with van der Waals surface area (Å²) in [6.07, 6.45) is 0.946. The molecular formula is C13H16Cl2FN. The molecule has 1 nitrogen and oxygen atoms in total. The fourth-order valence-electron chi connectivity index (χ4n) is 2.14. The van der Waals surface area contributed by atoms with Crippen LogP contribution in [0.4, 0.5) is 4.39 Å². The fraction of sp³-hybridized carbons (Fsp3) is 0.538. The van der Waals surface area contributed by atoms with E-state index in [0.29, 0.717) is 12.6 Å². The van der Waals surface area contributed by atoms with Crippen LogP contribution in [0.5, 0.6) is 0 Å². The SMILES string of the molecule is CC1(C)C(Cl)CC1NCc1cccc(F)c1Cl. The number of halogens is 3. The number of alkyl halides is 1. The molecule has 1 aromatic rings. The Morgan fingerprint density at radius 2 is 2.18 bits per heavy atom. The van der Waals surface area contributed by atoms with Crippen LogP contribution in [0.15, 0.2) is 18.2 Å². The third-order valence-electron chi connectivity index (χ3n) is 3.72. The molecule has 1 N–H and O–H groups in total. The summed E-state index contributed by atoms with van der Waals surface area (Å²) in [5, 5.41) is 3.81. The topological polar surface area (TPSA) is 12.0 Å². The Kier molecular flexibility index (Phi) is 3.67. The highest BCUT2D eigenvalue weighted by Crippen LogP contribution is 2.44. The molecule has 2 unspecified atom stereocenters. The molecule has 2 atom stereocenters. The Morgan fingerprint density at radius 1 is 1.47 bits per heavy atom. The van der Waals surface area contributed by atoms with Crippen molar-refractivity contribution in [1.29, 1.82) is 0 Å². The van der Waals surface area contributed by atoms with Crippen molar-refractivity contribution in [2.45, 2.75) is 38.2 Å². The Balaban J connectivity index is 1.97. The lowest BCUT2D eigenvalue weighted by atomic mass is 9.67. The lowest BCUT2D eigenvalue weighted by molar-refractivity contribution is 0.115. The first-order valence-corrected chi connectivity index (χ1v) is 6.54. The molecule has 0 heterocycles. The maximum absolute atomic E-state index is 13.2. The molecule has 0 aromatic heterocycles. The largest absolute Gasteiger partial charge is 0.309 e. The molecule has 4 heteroatoms. The van der Waals surface area contributed by atoms with Gasteiger partial charge in [-0.15, -0.1) is 11.6 Å². The van der Waals surface area contributed by atoms with Gasteiger partial charge in [0, 0.05) is 18.0 Å². The minimum atomic E-state index is -0.367. The first kappa shape index (κ1) is 13.1. The van der Waals surface area contributed by atoms with Crippen LogP contribution in [-0.2, 0) is 6.54 Å². The smallest absolute Gasteiger partial charge is 0.142 e. The van der Waals surface area contributed by atoms with E-state index in [1.165, 1.54) is 6.07 Å². The maximum Gasteiger partial charge on any atom is 0.142 e. The second kappa shape index (κ2) is 4.75. The van der Waals surface area contributed by atoms with Crippen LogP contribution >= 0.6 is 23.2 Å². The zero-order chi connectivity index (χ0) is 12.6. The average molecular weight is 276 g/mol. The highest BCUT2D eigenvalue weighted by Gasteiger charge is 2.46. The highest BCUT2D eigenvalue weighted by molar-refractivity contribution is 6.31. The van der Waals surface area contributed by atoms with Crippen molar-refractivity contribution in [1.82, 2.24) is 5.32 Å². The lowest BCUT2D eigenvalue weighted by Crippen LogP contribution is -2.57. The van der Waals surface area contributed by atoms with E-state index in [-0.39, 0.29) is 21.6 Å². The zero-order valence-electron chi connectivity index (χ0n) is 9.93. The van der Waals surface area contributed by atoms with Gasteiger partial charge in [-0.25, -0.2) is 4.39 Å². The molecule has 17 heavy (non-hydrogen) atoms. The van der Waals surface area contributed by atoms with Gasteiger partial charge in [0.1, 0.15) is 5.82 Å². The minimum Gasteiger partial charge on any atom is -0.309 e. The van der Waals surface area contributed by atoms with E-state index >= 15 is 0 Å². The molecule has 2 rings (SSSR count). The van der Waals surface area contributed by atoms with Gasteiger partial charge in [0.05, 0.1) is 5.02 Å². The van der Waals surface area contributed by atoms with Crippen LogP contribution < -0.4 is 5.32 Å². The Morgan fingerprint density at radius 3 is 2.76 bits per heavy atom. The van der Waals surface area contributed by atoms with E-state index in [2.05, 4.69) is 19.2 Å². The molecule has 1 aliphatic carbocycles. The van der Waals surface area contributed by atoms with Gasteiger partial charge in [-0.05, 0) is 23.5 Å². The molecule has 1 saturated carbocycles. The molecule has 1 aromatic carbocycles. The van der Waals surface area contributed by atoms with E-state index < -0.39 is 0 Å². The molecule has 0 radical (unpaired) electrons. The second-order valence-electron chi connectivity index (χ2n) is 5.17. The fourth-order valence-corrected chi connectivity index (χ4v) is 2.66.